The summed E-state index contributed by atoms with van der Waals surface area (Å²) >= 11 is 0. The van der Waals surface area contributed by atoms with E-state index in [0.717, 1.165) is 37.9 Å². The van der Waals surface area contributed by atoms with Crippen LogP contribution >= 0.6 is 0 Å². The van der Waals surface area contributed by atoms with Crippen LogP contribution in [0.3, 0.4) is 0 Å². The number of benzene rings is 1. The molecule has 2 aromatic rings. The van der Waals surface area contributed by atoms with Crippen molar-refractivity contribution in [1.82, 2.24) is 10.9 Å². The number of amides is 2. The van der Waals surface area contributed by atoms with Crippen LogP contribution in [-0.2, 0) is 10.2 Å². The van der Waals surface area contributed by atoms with Crippen LogP contribution in [0.5, 0.6) is 5.75 Å². The highest BCUT2D eigenvalue weighted by Crippen LogP contribution is 2.65. The van der Waals surface area contributed by atoms with Gasteiger partial charge in [-0.1, -0.05) is 12.1 Å². The van der Waals surface area contributed by atoms with Crippen molar-refractivity contribution in [2.24, 2.45) is 17.3 Å². The van der Waals surface area contributed by atoms with E-state index in [1.807, 2.05) is 12.1 Å². The van der Waals surface area contributed by atoms with Gasteiger partial charge in [0.05, 0.1) is 24.4 Å². The van der Waals surface area contributed by atoms with Crippen molar-refractivity contribution in [2.75, 3.05) is 7.11 Å². The van der Waals surface area contributed by atoms with Crippen LogP contribution in [-0.4, -0.2) is 18.9 Å². The Morgan fingerprint density at radius 1 is 1.03 bits per heavy atom. The monoisotopic (exact) mass is 408 g/mol. The molecule has 6 heteroatoms. The number of rotatable bonds is 4. The summed E-state index contributed by atoms with van der Waals surface area (Å²) < 4.78 is 10.5. The first kappa shape index (κ1) is 19.2. The molecule has 0 saturated heterocycles. The highest BCUT2D eigenvalue weighted by atomic mass is 16.5. The summed E-state index contributed by atoms with van der Waals surface area (Å²) in [4.78, 5) is 25.8. The van der Waals surface area contributed by atoms with E-state index < -0.39 is 5.41 Å². The summed E-state index contributed by atoms with van der Waals surface area (Å²) in [5.74, 6) is 2.12. The number of carbonyl (C=O) groups is 2. The molecule has 2 amide bonds. The van der Waals surface area contributed by atoms with Crippen molar-refractivity contribution >= 4 is 11.8 Å². The van der Waals surface area contributed by atoms with Gasteiger partial charge in [-0.3, -0.25) is 20.4 Å². The molecule has 4 aliphatic carbocycles. The number of ether oxygens (including phenoxy) is 1. The minimum atomic E-state index is -0.414. The van der Waals surface area contributed by atoms with Crippen LogP contribution in [0.15, 0.2) is 41.0 Å². The average Bonchev–Trinajstić information content (AvgIpc) is 3.17. The van der Waals surface area contributed by atoms with E-state index >= 15 is 0 Å². The molecule has 0 aliphatic heterocycles. The first-order chi connectivity index (χ1) is 14.4. The van der Waals surface area contributed by atoms with Gasteiger partial charge in [0.1, 0.15) is 11.5 Å². The topological polar surface area (TPSA) is 80.6 Å². The molecule has 2 N–H and O–H groups in total. The maximum absolute atomic E-state index is 13.4. The van der Waals surface area contributed by atoms with Gasteiger partial charge in [0.2, 0.25) is 5.91 Å². The molecule has 4 aliphatic rings. The van der Waals surface area contributed by atoms with Gasteiger partial charge in [-0.15, -0.1) is 0 Å². The molecule has 6 rings (SSSR count). The summed E-state index contributed by atoms with van der Waals surface area (Å²) in [7, 11) is 1.68. The van der Waals surface area contributed by atoms with Crippen molar-refractivity contribution in [3.63, 3.8) is 0 Å². The molecule has 158 valence electrons. The molecule has 30 heavy (non-hydrogen) atoms. The fourth-order valence-electron chi connectivity index (χ4n) is 6.74. The van der Waals surface area contributed by atoms with Gasteiger partial charge >= 0.3 is 0 Å². The van der Waals surface area contributed by atoms with E-state index in [-0.39, 0.29) is 17.2 Å². The number of carbonyl (C=O) groups excluding carboxylic acids is 2. The Hall–Kier alpha value is -2.76. The predicted octanol–water partition coefficient (Wildman–Crippen LogP) is 3.90. The molecule has 1 aromatic carbocycles. The minimum absolute atomic E-state index is 0.0405. The average molecular weight is 408 g/mol. The zero-order chi connectivity index (χ0) is 20.9. The summed E-state index contributed by atoms with van der Waals surface area (Å²) in [5, 5.41) is 0. The Kier molecular flexibility index (Phi) is 4.42. The van der Waals surface area contributed by atoms with Crippen molar-refractivity contribution in [3.05, 3.63) is 53.5 Å². The Bertz CT molecular complexity index is 963. The van der Waals surface area contributed by atoms with Gasteiger partial charge in [-0.25, -0.2) is 0 Å². The van der Waals surface area contributed by atoms with Crippen LogP contribution in [0, 0.1) is 24.2 Å². The smallest absolute Gasteiger partial charge is 0.273 e. The number of furan rings is 1. The molecule has 0 spiro atoms. The standard InChI is InChI=1S/C24H28N2O4/c1-15-20(7-8-30-15)21(27)25-26-22(28)24-12-16-9-17(13-24)11-23(10-16,14-24)18-3-5-19(29-2)6-4-18/h3-8,16-17H,9-14H2,1-2H3,(H,25,27)(H,26,28). The number of aryl methyl sites for hydroxylation is 1. The first-order valence-corrected chi connectivity index (χ1v) is 10.7. The second-order valence-electron chi connectivity index (χ2n) is 9.55. The predicted molar refractivity (Wildman–Crippen MR) is 111 cm³/mol. The Balaban J connectivity index is 1.36. The molecule has 4 bridgehead atoms. The lowest BCUT2D eigenvalue weighted by atomic mass is 9.42. The highest BCUT2D eigenvalue weighted by molar-refractivity contribution is 5.96. The van der Waals surface area contributed by atoms with E-state index in [9.17, 15) is 9.59 Å². The van der Waals surface area contributed by atoms with Gasteiger partial charge in [0.15, 0.2) is 0 Å². The Morgan fingerprint density at radius 3 is 2.33 bits per heavy atom. The first-order valence-electron chi connectivity index (χ1n) is 10.7. The summed E-state index contributed by atoms with van der Waals surface area (Å²) in [6.07, 6.45) is 7.64. The Morgan fingerprint density at radius 2 is 1.73 bits per heavy atom. The molecule has 4 fully saturated rings. The molecule has 1 aromatic heterocycles. The van der Waals surface area contributed by atoms with Gasteiger partial charge in [-0.05, 0) is 86.5 Å². The number of hydrogen-bond acceptors (Lipinski definition) is 4. The van der Waals surface area contributed by atoms with Gasteiger partial charge in [0.25, 0.3) is 5.91 Å². The maximum Gasteiger partial charge on any atom is 0.273 e. The second-order valence-corrected chi connectivity index (χ2v) is 9.55. The minimum Gasteiger partial charge on any atom is -0.497 e. The van der Waals surface area contributed by atoms with Crippen molar-refractivity contribution < 1.29 is 18.7 Å². The van der Waals surface area contributed by atoms with E-state index in [1.165, 1.54) is 18.2 Å². The molecular weight excluding hydrogens is 380 g/mol. The third kappa shape index (κ3) is 3.01. The van der Waals surface area contributed by atoms with Crippen LogP contribution in [0.4, 0.5) is 0 Å². The van der Waals surface area contributed by atoms with Gasteiger partial charge in [-0.2, -0.15) is 0 Å². The molecule has 1 heterocycles. The van der Waals surface area contributed by atoms with Gasteiger partial charge in [0, 0.05) is 0 Å². The summed E-state index contributed by atoms with van der Waals surface area (Å²) in [5.41, 5.74) is 6.72. The third-order valence-corrected chi connectivity index (χ3v) is 7.64. The fourth-order valence-corrected chi connectivity index (χ4v) is 6.74. The number of hydrazine groups is 1. The lowest BCUT2D eigenvalue weighted by molar-refractivity contribution is -0.149. The lowest BCUT2D eigenvalue weighted by Gasteiger charge is -2.61. The molecule has 0 radical (unpaired) electrons. The third-order valence-electron chi connectivity index (χ3n) is 7.64. The van der Waals surface area contributed by atoms with Crippen molar-refractivity contribution in [1.29, 1.82) is 0 Å². The SMILES string of the molecule is COc1ccc(C23CC4CC(CC(C(=O)NNC(=O)c5ccoc5C)(C4)C2)C3)cc1. The lowest BCUT2D eigenvalue weighted by Crippen LogP contribution is -2.60. The summed E-state index contributed by atoms with van der Waals surface area (Å²) in [6.45, 7) is 1.73. The van der Waals surface area contributed by atoms with Gasteiger partial charge < -0.3 is 9.15 Å². The van der Waals surface area contributed by atoms with E-state index in [0.29, 0.717) is 23.2 Å². The van der Waals surface area contributed by atoms with Crippen LogP contribution in [0.1, 0.15) is 60.2 Å². The summed E-state index contributed by atoms with van der Waals surface area (Å²) in [6, 6.07) is 9.99. The molecule has 4 saturated carbocycles. The Labute approximate surface area is 176 Å². The largest absolute Gasteiger partial charge is 0.497 e. The van der Waals surface area contributed by atoms with Crippen molar-refractivity contribution in [2.45, 2.75) is 50.9 Å². The molecule has 2 atom stereocenters. The van der Waals surface area contributed by atoms with E-state index in [4.69, 9.17) is 9.15 Å². The number of hydrogen-bond donors (Lipinski definition) is 2. The van der Waals surface area contributed by atoms with Crippen LogP contribution < -0.4 is 15.6 Å². The van der Waals surface area contributed by atoms with E-state index in [1.54, 1.807) is 20.1 Å². The molecule has 6 nitrogen and oxygen atoms in total. The van der Waals surface area contributed by atoms with E-state index in [2.05, 4.69) is 23.0 Å². The van der Waals surface area contributed by atoms with Crippen LogP contribution in [0.25, 0.3) is 0 Å². The number of nitrogens with one attached hydrogen (secondary N) is 2. The molecular formula is C24H28N2O4. The second kappa shape index (κ2) is 6.89. The zero-order valence-electron chi connectivity index (χ0n) is 17.5. The van der Waals surface area contributed by atoms with Crippen molar-refractivity contribution in [3.8, 4) is 5.75 Å². The normalized spacial score (nSPS) is 31.4. The fraction of sp³-hybridized carbons (Fsp3) is 0.500. The molecule has 2 unspecified atom stereocenters. The number of methoxy groups -OCH3 is 1. The zero-order valence-corrected chi connectivity index (χ0v) is 17.5. The quantitative estimate of drug-likeness (QED) is 0.752. The highest BCUT2D eigenvalue weighted by Gasteiger charge is 2.61. The maximum atomic E-state index is 13.4. The van der Waals surface area contributed by atoms with Crippen LogP contribution in [0.2, 0.25) is 0 Å².